The highest BCUT2D eigenvalue weighted by molar-refractivity contribution is 5.90. The first-order chi connectivity index (χ1) is 65.1. The first-order valence-corrected chi connectivity index (χ1v) is 42.0. The number of methoxy groups -OCH3 is 2. The minimum absolute atomic E-state index is 0.0339. The first kappa shape index (κ1) is 110. The van der Waals surface area contributed by atoms with Crippen molar-refractivity contribution in [3.8, 4) is 23.0 Å². The van der Waals surface area contributed by atoms with Crippen LogP contribution in [0.25, 0.3) is 12.2 Å². The fourth-order valence-corrected chi connectivity index (χ4v) is 14.6. The summed E-state index contributed by atoms with van der Waals surface area (Å²) in [7, 11) is 2.43. The van der Waals surface area contributed by atoms with Crippen molar-refractivity contribution in [2.24, 2.45) is 0 Å². The molecule has 49 heteroatoms. The summed E-state index contributed by atoms with van der Waals surface area (Å²) in [6.45, 7) is 7.34. The zero-order valence-electron chi connectivity index (χ0n) is 77.7. The predicted octanol–water partition coefficient (Wildman–Crippen LogP) is 2.33. The third-order valence-electron chi connectivity index (χ3n) is 19.6. The van der Waals surface area contributed by atoms with E-state index in [9.17, 15) is 81.5 Å². The summed E-state index contributed by atoms with van der Waals surface area (Å²) in [4.78, 5) is 259. The minimum Gasteiger partial charge on any atom is -0.493 e. The third-order valence-corrected chi connectivity index (χ3v) is 19.6. The lowest BCUT2D eigenvalue weighted by atomic mass is 9.94. The van der Waals surface area contributed by atoms with Gasteiger partial charge in [-0.05, 0) is 59.7 Å². The Bertz CT molecular complexity index is 4980. The van der Waals surface area contributed by atoms with Crippen molar-refractivity contribution in [3.05, 3.63) is 95.6 Å². The molecule has 5 heterocycles. The van der Waals surface area contributed by atoms with E-state index in [1.807, 2.05) is 0 Å². The topological polar surface area (TPSA) is 601 Å². The molecule has 0 aromatic heterocycles. The van der Waals surface area contributed by atoms with E-state index in [1.165, 1.54) is 80.9 Å². The van der Waals surface area contributed by atoms with Crippen molar-refractivity contribution in [2.75, 3.05) is 53.9 Å². The predicted molar refractivity (Wildman–Crippen MR) is 444 cm³/mol. The molecule has 5 aliphatic rings. The Balaban J connectivity index is 1.55. The van der Waals surface area contributed by atoms with E-state index in [-0.39, 0.29) is 39.7 Å². The van der Waals surface area contributed by atoms with E-state index in [4.69, 9.17) is 142 Å². The average Bonchev–Trinajstić information content (AvgIpc) is 1.15. The summed E-state index contributed by atoms with van der Waals surface area (Å²) in [5.41, 5.74) is -0.0830. The molecular weight excluding hydrogens is 1850 g/mol. The molecule has 754 valence electrons. The zero-order chi connectivity index (χ0) is 102. The van der Waals surface area contributed by atoms with Gasteiger partial charge in [-0.15, -0.1) is 0 Å². The van der Waals surface area contributed by atoms with Crippen LogP contribution in [0.15, 0.2) is 78.9 Å². The van der Waals surface area contributed by atoms with E-state index < -0.39 is 300 Å². The van der Waals surface area contributed by atoms with Gasteiger partial charge in [-0.25, -0.2) is 14.4 Å². The zero-order valence-corrected chi connectivity index (χ0v) is 77.7. The molecule has 0 unspecified atom stereocenters. The Labute approximate surface area is 786 Å². The van der Waals surface area contributed by atoms with Gasteiger partial charge in [-0.2, -0.15) is 0 Å². The largest absolute Gasteiger partial charge is 0.493 e. The second kappa shape index (κ2) is 50.9. The van der Waals surface area contributed by atoms with Gasteiger partial charge < -0.3 is 142 Å². The van der Waals surface area contributed by atoms with Crippen molar-refractivity contribution in [1.29, 1.82) is 0 Å². The Kier molecular flexibility index (Phi) is 40.5. The van der Waals surface area contributed by atoms with Crippen LogP contribution < -0.4 is 18.9 Å². The quantitative estimate of drug-likeness (QED) is 0.0341. The molecule has 3 aromatic rings. The van der Waals surface area contributed by atoms with E-state index in [1.54, 1.807) is 0 Å². The highest BCUT2D eigenvalue weighted by Crippen LogP contribution is 2.46. The normalized spacial score (nSPS) is 27.5. The molecular formula is C89H104O49. The maximum Gasteiger partial charge on any atom is 0.338 e. The molecule has 0 aliphatic carbocycles. The SMILES string of the molecule is COc1cc(/C=C/C(=O)OC[C@@]2(O[C@H]3O[C@H](COC(C)=O)[C@@H](OC(=O)/C=C/c4ccc(OC(C)=O)c(OC)c4)[C@H](O[C@@H]4O[C@H](COC(C)=O)[C@@H](OC(C)=O)[C@H](O[C@@H]5O[C@H](COC(C)=O)[C@@H](OC(C)=O)[C@H](OC(C)=O)[C@H]5OC(C)=O)[C@H]4OC(C)=O)[C@H]3O[C@@H]3O[C@H](COC(C)=O)[C@@H](OC(C)=O)[C@H](OC(C)=O)[C@H]3OC(C)=O)O[C@H](COC(C)=O)[C@@H](OC(C)=O)[C@@H]2OC(=O)c2ccccc2)ccc1OC(C)=O. The second-order valence-electron chi connectivity index (χ2n) is 30.6. The van der Waals surface area contributed by atoms with Gasteiger partial charge in [0.2, 0.25) is 5.79 Å². The number of rotatable bonds is 40. The fourth-order valence-electron chi connectivity index (χ4n) is 14.6. The Morgan fingerprint density at radius 2 is 0.601 bits per heavy atom. The Morgan fingerprint density at radius 1 is 0.290 bits per heavy atom. The van der Waals surface area contributed by atoms with Crippen LogP contribution in [0.1, 0.15) is 132 Å². The number of carbonyl (C=O) groups excluding carboxylic acids is 19. The highest BCUT2D eigenvalue weighted by Gasteiger charge is 2.67. The molecule has 5 fully saturated rings. The summed E-state index contributed by atoms with van der Waals surface area (Å²) in [6, 6.07) is 14.5. The summed E-state index contributed by atoms with van der Waals surface area (Å²) < 4.78 is 182. The maximum absolute atomic E-state index is 15.5. The molecule has 3 aromatic carbocycles. The molecule has 49 nitrogen and oxygen atoms in total. The second-order valence-corrected chi connectivity index (χ2v) is 30.6. The van der Waals surface area contributed by atoms with Gasteiger partial charge in [-0.1, -0.05) is 30.3 Å². The van der Waals surface area contributed by atoms with Crippen LogP contribution in [0.5, 0.6) is 23.0 Å². The highest BCUT2D eigenvalue weighted by atomic mass is 16.9. The lowest BCUT2D eigenvalue weighted by Crippen LogP contribution is -2.70. The van der Waals surface area contributed by atoms with Gasteiger partial charge in [0.15, 0.2) is 115 Å². The van der Waals surface area contributed by atoms with Gasteiger partial charge in [0, 0.05) is 123 Å². The number of benzene rings is 3. The van der Waals surface area contributed by atoms with Crippen LogP contribution in [0.3, 0.4) is 0 Å². The van der Waals surface area contributed by atoms with Gasteiger partial charge in [-0.3, -0.25) is 76.7 Å². The Morgan fingerprint density at radius 3 is 0.964 bits per heavy atom. The molecule has 0 saturated carbocycles. The summed E-state index contributed by atoms with van der Waals surface area (Å²) in [5, 5.41) is 0. The molecule has 8 rings (SSSR count). The summed E-state index contributed by atoms with van der Waals surface area (Å²) in [6.07, 6.45) is -50.6. The number of hydrogen-bond donors (Lipinski definition) is 0. The first-order valence-electron chi connectivity index (χ1n) is 42.0. The third kappa shape index (κ3) is 32.0. The smallest absolute Gasteiger partial charge is 0.338 e. The molecule has 138 heavy (non-hydrogen) atoms. The molecule has 0 spiro atoms. The van der Waals surface area contributed by atoms with Crippen LogP contribution in [-0.4, -0.2) is 314 Å². The van der Waals surface area contributed by atoms with Crippen molar-refractivity contribution in [3.63, 3.8) is 0 Å². The van der Waals surface area contributed by atoms with Crippen molar-refractivity contribution >= 4 is 126 Å². The van der Waals surface area contributed by atoms with E-state index in [2.05, 4.69) is 0 Å². The number of hydrogen-bond acceptors (Lipinski definition) is 49. The average molecular weight is 1960 g/mol. The van der Waals surface area contributed by atoms with Gasteiger partial charge in [0.25, 0.3) is 0 Å². The van der Waals surface area contributed by atoms with Crippen LogP contribution in [-0.2, 0) is 209 Å². The van der Waals surface area contributed by atoms with E-state index >= 15 is 9.59 Å². The Hall–Kier alpha value is -13.7. The van der Waals surface area contributed by atoms with Crippen molar-refractivity contribution in [2.45, 2.75) is 258 Å². The molecule has 5 saturated heterocycles. The number of ether oxygens (including phenoxy) is 30. The molecule has 0 radical (unpaired) electrons. The van der Waals surface area contributed by atoms with Crippen molar-refractivity contribution in [1.82, 2.24) is 0 Å². The van der Waals surface area contributed by atoms with Crippen LogP contribution >= 0.6 is 0 Å². The summed E-state index contributed by atoms with van der Waals surface area (Å²) >= 11 is 0. The number of esters is 19. The lowest BCUT2D eigenvalue weighted by molar-refractivity contribution is -0.423. The summed E-state index contributed by atoms with van der Waals surface area (Å²) in [5.74, 6) is -26.0. The van der Waals surface area contributed by atoms with Crippen molar-refractivity contribution < 1.29 is 233 Å². The molecule has 0 bridgehead atoms. The fraction of sp³-hybridized carbons (Fsp3) is 0.539. The van der Waals surface area contributed by atoms with E-state index in [0.29, 0.717) is 0 Å². The van der Waals surface area contributed by atoms with Crippen LogP contribution in [0.4, 0.5) is 0 Å². The molecule has 0 amide bonds. The van der Waals surface area contributed by atoms with Gasteiger partial charge >= 0.3 is 113 Å². The van der Waals surface area contributed by atoms with E-state index in [0.717, 1.165) is 135 Å². The maximum atomic E-state index is 15.5. The molecule has 0 N–H and O–H groups in total. The number of carbonyl (C=O) groups is 19. The standard InChI is InChI=1S/C89H104O49/c1-40(90)111-34-63-70(119-47(8)97)75(123-51(12)101)79(125-53(14)103)85(128-63)133-77-72(121-49(10)99)65(36-113-42(3)92)129-86(81(77)127-55(16)105)134-78-73(132-69(107)31-27-57-25-29-60(118-46(7)96)62(33-57)110-18)66(37-114-43(4)93)131-88(82(78)135-87-80(126-54(15)104)76(124-52(13)102)71(120-48(9)98)64(130-87)35-112-41(2)91)138-89(39-116-68(106)30-26-56-24-28-59(117-45(6)95)61(32-56)109-17)83(136-84(108)58-22-20-19-21-23-58)74(122-50(11)100)67(137-89)38-115-44(5)94/h19-33,63-67,70-83,85-88H,34-39H2,1-18H3/b30-26+,31-27+/t63-,64-,65-,66-,67-,70-,71-,72-,73-,74-,75+,76+,77+,78+,79-,80-,81-,82-,83+,85+,86+,87+,88-,89+/m1/s1. The lowest BCUT2D eigenvalue weighted by Gasteiger charge is -2.52. The molecule has 24 atom stereocenters. The van der Waals surface area contributed by atoms with Gasteiger partial charge in [0.1, 0.15) is 88.5 Å². The monoisotopic (exact) mass is 1960 g/mol. The minimum atomic E-state index is -3.37. The van der Waals surface area contributed by atoms with Crippen LogP contribution in [0, 0.1) is 0 Å². The molecule has 5 aliphatic heterocycles. The van der Waals surface area contributed by atoms with Gasteiger partial charge in [0.05, 0.1) is 19.8 Å². The van der Waals surface area contributed by atoms with Crippen LogP contribution in [0.2, 0.25) is 0 Å².